The molecule has 0 spiro atoms. The van der Waals surface area contributed by atoms with Crippen LogP contribution in [0.2, 0.25) is 0 Å². The van der Waals surface area contributed by atoms with Gasteiger partial charge in [-0.05, 0) is 30.9 Å². The van der Waals surface area contributed by atoms with Crippen LogP contribution in [0.5, 0.6) is 0 Å². The molecule has 1 fully saturated rings. The van der Waals surface area contributed by atoms with Crippen molar-refractivity contribution in [3.63, 3.8) is 0 Å². The highest BCUT2D eigenvalue weighted by Gasteiger charge is 2.17. The van der Waals surface area contributed by atoms with Crippen molar-refractivity contribution < 1.29 is 4.79 Å². The number of rotatable bonds is 4. The molecule has 1 heterocycles. The highest BCUT2D eigenvalue weighted by Crippen LogP contribution is 2.17. The highest BCUT2D eigenvalue weighted by molar-refractivity contribution is 7.99. The zero-order valence-electron chi connectivity index (χ0n) is 10.00. The Morgan fingerprint density at radius 1 is 1.40 bits per heavy atom. The minimum absolute atomic E-state index is 0.366. The van der Waals surface area contributed by atoms with Crippen molar-refractivity contribution >= 4 is 17.7 Å². The Labute approximate surface area is 97.8 Å². The Hall–Kier alpha value is -0.180. The molecule has 1 aliphatic rings. The van der Waals surface area contributed by atoms with E-state index in [4.69, 9.17) is 0 Å². The standard InChI is InChI=1S/C12H23NOS/c1-3-15-10-7-12(14)13-8-4-5-11(2)6-9-13/h11H,3-10H2,1-2H3. The van der Waals surface area contributed by atoms with Gasteiger partial charge in [-0.1, -0.05) is 13.8 Å². The summed E-state index contributed by atoms with van der Waals surface area (Å²) in [7, 11) is 0. The zero-order chi connectivity index (χ0) is 11.1. The van der Waals surface area contributed by atoms with Crippen LogP contribution >= 0.6 is 11.8 Å². The minimum Gasteiger partial charge on any atom is -0.343 e. The van der Waals surface area contributed by atoms with Crippen molar-refractivity contribution in [2.45, 2.75) is 39.5 Å². The van der Waals surface area contributed by atoms with Gasteiger partial charge in [-0.25, -0.2) is 0 Å². The number of nitrogens with zero attached hydrogens (tertiary/aromatic N) is 1. The molecular formula is C12H23NOS. The second kappa shape index (κ2) is 7.15. The fraction of sp³-hybridized carbons (Fsp3) is 0.917. The maximum atomic E-state index is 11.8. The molecule has 1 amide bonds. The van der Waals surface area contributed by atoms with Gasteiger partial charge in [0.15, 0.2) is 0 Å². The number of carbonyl (C=O) groups is 1. The van der Waals surface area contributed by atoms with E-state index in [2.05, 4.69) is 18.7 Å². The Kier molecular flexibility index (Phi) is 6.15. The molecule has 1 aliphatic heterocycles. The van der Waals surface area contributed by atoms with Crippen LogP contribution in [0.3, 0.4) is 0 Å². The summed E-state index contributed by atoms with van der Waals surface area (Å²) in [5, 5.41) is 0. The van der Waals surface area contributed by atoms with Crippen LogP contribution in [-0.4, -0.2) is 35.4 Å². The lowest BCUT2D eigenvalue weighted by Gasteiger charge is -2.20. The monoisotopic (exact) mass is 229 g/mol. The van der Waals surface area contributed by atoms with Crippen LogP contribution in [0.1, 0.15) is 39.5 Å². The molecule has 0 saturated carbocycles. The number of thioether (sulfide) groups is 1. The van der Waals surface area contributed by atoms with Gasteiger partial charge in [-0.2, -0.15) is 11.8 Å². The first-order valence-electron chi connectivity index (χ1n) is 6.09. The van der Waals surface area contributed by atoms with Gasteiger partial charge in [0, 0.05) is 25.3 Å². The molecule has 0 aliphatic carbocycles. The highest BCUT2D eigenvalue weighted by atomic mass is 32.2. The first-order chi connectivity index (χ1) is 7.24. The van der Waals surface area contributed by atoms with Crippen LogP contribution in [0.15, 0.2) is 0 Å². The van der Waals surface area contributed by atoms with Crippen molar-refractivity contribution in [1.29, 1.82) is 0 Å². The summed E-state index contributed by atoms with van der Waals surface area (Å²) in [6, 6.07) is 0. The molecule has 0 radical (unpaired) electrons. The number of likely N-dealkylation sites (tertiary alicyclic amines) is 1. The first kappa shape index (κ1) is 12.9. The lowest BCUT2D eigenvalue weighted by molar-refractivity contribution is -0.130. The van der Waals surface area contributed by atoms with Crippen molar-refractivity contribution in [2.24, 2.45) is 5.92 Å². The number of carbonyl (C=O) groups excluding carboxylic acids is 1. The topological polar surface area (TPSA) is 20.3 Å². The van der Waals surface area contributed by atoms with Gasteiger partial charge in [-0.15, -0.1) is 0 Å². The van der Waals surface area contributed by atoms with Crippen molar-refractivity contribution in [3.8, 4) is 0 Å². The largest absolute Gasteiger partial charge is 0.343 e. The normalized spacial score (nSPS) is 22.5. The molecule has 0 aromatic heterocycles. The molecule has 15 heavy (non-hydrogen) atoms. The van der Waals surface area contributed by atoms with Gasteiger partial charge >= 0.3 is 0 Å². The number of amides is 1. The molecular weight excluding hydrogens is 206 g/mol. The summed E-state index contributed by atoms with van der Waals surface area (Å²) < 4.78 is 0. The number of hydrogen-bond acceptors (Lipinski definition) is 2. The Morgan fingerprint density at radius 2 is 2.20 bits per heavy atom. The average Bonchev–Trinajstić information content (AvgIpc) is 2.43. The van der Waals surface area contributed by atoms with Crippen LogP contribution in [-0.2, 0) is 4.79 Å². The molecule has 3 heteroatoms. The van der Waals surface area contributed by atoms with Crippen LogP contribution in [0.25, 0.3) is 0 Å². The molecule has 88 valence electrons. The van der Waals surface area contributed by atoms with E-state index in [0.717, 1.165) is 36.9 Å². The third-order valence-corrected chi connectivity index (χ3v) is 3.93. The summed E-state index contributed by atoms with van der Waals surface area (Å²) in [6.45, 7) is 6.40. The molecule has 0 aromatic carbocycles. The van der Waals surface area contributed by atoms with Crippen molar-refractivity contribution in [2.75, 3.05) is 24.6 Å². The second-order valence-corrected chi connectivity index (χ2v) is 5.76. The van der Waals surface area contributed by atoms with E-state index >= 15 is 0 Å². The summed E-state index contributed by atoms with van der Waals surface area (Å²) in [6.07, 6.45) is 4.39. The first-order valence-corrected chi connectivity index (χ1v) is 7.25. The van der Waals surface area contributed by atoms with E-state index in [9.17, 15) is 4.79 Å². The molecule has 1 atom stereocenters. The zero-order valence-corrected chi connectivity index (χ0v) is 10.8. The van der Waals surface area contributed by atoms with Crippen LogP contribution < -0.4 is 0 Å². The van der Waals surface area contributed by atoms with Gasteiger partial charge in [0.25, 0.3) is 0 Å². The summed E-state index contributed by atoms with van der Waals surface area (Å²) in [5.41, 5.74) is 0. The quantitative estimate of drug-likeness (QED) is 0.691. The molecule has 2 nitrogen and oxygen atoms in total. The van der Waals surface area contributed by atoms with Gasteiger partial charge in [0.2, 0.25) is 5.91 Å². The summed E-state index contributed by atoms with van der Waals surface area (Å²) in [4.78, 5) is 13.9. The molecule has 1 saturated heterocycles. The van der Waals surface area contributed by atoms with Gasteiger partial charge in [0.05, 0.1) is 0 Å². The second-order valence-electron chi connectivity index (χ2n) is 4.36. The lowest BCUT2D eigenvalue weighted by Crippen LogP contribution is -2.32. The maximum absolute atomic E-state index is 11.8. The predicted molar refractivity (Wildman–Crippen MR) is 67.2 cm³/mol. The van der Waals surface area contributed by atoms with E-state index in [1.807, 2.05) is 11.8 Å². The molecule has 0 N–H and O–H groups in total. The van der Waals surface area contributed by atoms with Gasteiger partial charge in [-0.3, -0.25) is 4.79 Å². The summed E-state index contributed by atoms with van der Waals surface area (Å²) >= 11 is 1.86. The van der Waals surface area contributed by atoms with E-state index in [-0.39, 0.29) is 0 Å². The van der Waals surface area contributed by atoms with E-state index < -0.39 is 0 Å². The predicted octanol–water partition coefficient (Wildman–Crippen LogP) is 2.78. The number of hydrogen-bond donors (Lipinski definition) is 0. The maximum Gasteiger partial charge on any atom is 0.223 e. The molecule has 1 rings (SSSR count). The van der Waals surface area contributed by atoms with Gasteiger partial charge in [0.1, 0.15) is 0 Å². The third-order valence-electron chi connectivity index (χ3n) is 3.03. The average molecular weight is 229 g/mol. The Balaban J connectivity index is 2.25. The fourth-order valence-electron chi connectivity index (χ4n) is 1.97. The fourth-order valence-corrected chi connectivity index (χ4v) is 2.58. The van der Waals surface area contributed by atoms with Gasteiger partial charge < -0.3 is 4.90 Å². The van der Waals surface area contributed by atoms with E-state index in [1.54, 1.807) is 0 Å². The third kappa shape index (κ3) is 4.92. The molecule has 1 unspecified atom stereocenters. The van der Waals surface area contributed by atoms with E-state index in [0.29, 0.717) is 5.91 Å². The smallest absolute Gasteiger partial charge is 0.223 e. The minimum atomic E-state index is 0.366. The van der Waals surface area contributed by atoms with Crippen LogP contribution in [0.4, 0.5) is 0 Å². The van der Waals surface area contributed by atoms with Crippen molar-refractivity contribution in [1.82, 2.24) is 4.90 Å². The molecule has 0 aromatic rings. The SMILES string of the molecule is CCSCCC(=O)N1CCCC(C)CC1. The Morgan fingerprint density at radius 3 is 2.93 bits per heavy atom. The van der Waals surface area contributed by atoms with Crippen molar-refractivity contribution in [3.05, 3.63) is 0 Å². The molecule has 0 bridgehead atoms. The van der Waals surface area contributed by atoms with E-state index in [1.165, 1.54) is 19.3 Å². The lowest BCUT2D eigenvalue weighted by atomic mass is 10.0. The summed E-state index contributed by atoms with van der Waals surface area (Å²) in [5.74, 6) is 3.27. The van der Waals surface area contributed by atoms with Crippen LogP contribution in [0, 0.1) is 5.92 Å². The Bertz CT molecular complexity index is 196.